The van der Waals surface area contributed by atoms with Gasteiger partial charge in [0.2, 0.25) is 0 Å². The maximum Gasteiger partial charge on any atom is 0.306 e. The van der Waals surface area contributed by atoms with Crippen molar-refractivity contribution in [1.29, 1.82) is 0 Å². The van der Waals surface area contributed by atoms with Crippen molar-refractivity contribution in [3.05, 3.63) is 60.2 Å². The zero-order valence-electron chi connectivity index (χ0n) is 14.1. The summed E-state index contributed by atoms with van der Waals surface area (Å²) in [5.74, 6) is -0.195. The number of hydrogen-bond donors (Lipinski definition) is 1. The number of carboxylic acid groups (broad SMARTS) is 1. The first kappa shape index (κ1) is 17.0. The fourth-order valence-corrected chi connectivity index (χ4v) is 3.22. The highest BCUT2D eigenvalue weighted by Crippen LogP contribution is 2.29. The van der Waals surface area contributed by atoms with E-state index in [-0.39, 0.29) is 17.7 Å². The number of benzene rings is 2. The molecule has 1 aliphatic heterocycles. The molecule has 1 amide bonds. The number of rotatable bonds is 4. The summed E-state index contributed by atoms with van der Waals surface area (Å²) in [5.41, 5.74) is 0.493. The highest BCUT2D eigenvalue weighted by atomic mass is 16.5. The molecule has 3 rings (SSSR count). The van der Waals surface area contributed by atoms with Crippen LogP contribution in [-0.4, -0.2) is 35.0 Å². The molecule has 0 spiro atoms. The van der Waals surface area contributed by atoms with Gasteiger partial charge in [-0.25, -0.2) is 0 Å². The van der Waals surface area contributed by atoms with Gasteiger partial charge in [-0.15, -0.1) is 0 Å². The number of aliphatic carboxylic acids is 1. The van der Waals surface area contributed by atoms with Crippen molar-refractivity contribution in [3.63, 3.8) is 0 Å². The van der Waals surface area contributed by atoms with E-state index in [4.69, 9.17) is 4.74 Å². The first-order valence-electron chi connectivity index (χ1n) is 8.40. The minimum atomic E-state index is -0.785. The van der Waals surface area contributed by atoms with E-state index < -0.39 is 5.97 Å². The molecule has 0 aromatic heterocycles. The van der Waals surface area contributed by atoms with E-state index in [2.05, 4.69) is 0 Å². The van der Waals surface area contributed by atoms with Crippen LogP contribution in [0.1, 0.15) is 23.7 Å². The zero-order chi connectivity index (χ0) is 17.8. The largest absolute Gasteiger partial charge is 0.481 e. The van der Waals surface area contributed by atoms with Gasteiger partial charge in [-0.2, -0.15) is 0 Å². The third-order valence-corrected chi connectivity index (χ3v) is 4.60. The maximum absolute atomic E-state index is 12.9. The highest BCUT2D eigenvalue weighted by molar-refractivity contribution is 5.97. The van der Waals surface area contributed by atoms with Crippen molar-refractivity contribution in [2.24, 2.45) is 11.8 Å². The Balaban J connectivity index is 1.78. The second-order valence-corrected chi connectivity index (χ2v) is 6.37. The Morgan fingerprint density at radius 3 is 2.44 bits per heavy atom. The topological polar surface area (TPSA) is 66.8 Å². The highest BCUT2D eigenvalue weighted by Gasteiger charge is 2.33. The molecule has 130 valence electrons. The van der Waals surface area contributed by atoms with E-state index in [1.54, 1.807) is 23.1 Å². The molecule has 5 heteroatoms. The number of hydrogen-bond acceptors (Lipinski definition) is 3. The number of likely N-dealkylation sites (tertiary alicyclic amines) is 1. The third kappa shape index (κ3) is 3.82. The van der Waals surface area contributed by atoms with Gasteiger partial charge in [-0.1, -0.05) is 37.3 Å². The quantitative estimate of drug-likeness (QED) is 0.923. The minimum Gasteiger partial charge on any atom is -0.481 e. The number of carboxylic acids is 1. The summed E-state index contributed by atoms with van der Waals surface area (Å²) in [4.78, 5) is 25.9. The second-order valence-electron chi connectivity index (χ2n) is 6.37. The number of piperidine rings is 1. The molecule has 0 saturated carbocycles. The number of carbonyl (C=O) groups excluding carboxylic acids is 1. The first-order chi connectivity index (χ1) is 12.1. The van der Waals surface area contributed by atoms with Crippen LogP contribution in [0.15, 0.2) is 54.6 Å². The van der Waals surface area contributed by atoms with E-state index >= 15 is 0 Å². The van der Waals surface area contributed by atoms with Crippen LogP contribution in [0.4, 0.5) is 0 Å². The van der Waals surface area contributed by atoms with Gasteiger partial charge >= 0.3 is 5.97 Å². The van der Waals surface area contributed by atoms with Crippen LogP contribution in [0.25, 0.3) is 0 Å². The predicted octanol–water partition coefficient (Wildman–Crippen LogP) is 3.66. The lowest BCUT2D eigenvalue weighted by Gasteiger charge is -2.35. The molecule has 1 heterocycles. The Labute approximate surface area is 146 Å². The van der Waals surface area contributed by atoms with Gasteiger partial charge in [0.05, 0.1) is 11.5 Å². The molecule has 5 nitrogen and oxygen atoms in total. The monoisotopic (exact) mass is 339 g/mol. The lowest BCUT2D eigenvalue weighted by Crippen LogP contribution is -2.45. The summed E-state index contributed by atoms with van der Waals surface area (Å²) >= 11 is 0. The molecule has 25 heavy (non-hydrogen) atoms. The Morgan fingerprint density at radius 1 is 1.08 bits per heavy atom. The van der Waals surface area contributed by atoms with Crippen molar-refractivity contribution in [1.82, 2.24) is 4.90 Å². The molecule has 2 aromatic carbocycles. The number of carbonyl (C=O) groups is 2. The average Bonchev–Trinajstić information content (AvgIpc) is 2.62. The van der Waals surface area contributed by atoms with Gasteiger partial charge in [0.1, 0.15) is 11.5 Å². The number of nitrogens with zero attached hydrogens (tertiary/aromatic N) is 1. The molecule has 2 aromatic rings. The normalized spacial score (nSPS) is 20.1. The average molecular weight is 339 g/mol. The minimum absolute atomic E-state index is 0.0718. The van der Waals surface area contributed by atoms with E-state index in [9.17, 15) is 14.7 Å². The molecule has 0 radical (unpaired) electrons. The lowest BCUT2D eigenvalue weighted by atomic mass is 9.87. The maximum atomic E-state index is 12.9. The molecule has 1 saturated heterocycles. The van der Waals surface area contributed by atoms with Crippen molar-refractivity contribution in [3.8, 4) is 11.5 Å². The SMILES string of the molecule is CC1CN(C(=O)c2ccccc2Oc2ccccc2)CCC1C(=O)O. The second kappa shape index (κ2) is 7.38. The molecular weight excluding hydrogens is 318 g/mol. The molecule has 0 bridgehead atoms. The fraction of sp³-hybridized carbons (Fsp3) is 0.300. The summed E-state index contributed by atoms with van der Waals surface area (Å²) in [5, 5.41) is 9.24. The molecule has 1 N–H and O–H groups in total. The van der Waals surface area contributed by atoms with Crippen LogP contribution < -0.4 is 4.74 Å². The zero-order valence-corrected chi connectivity index (χ0v) is 14.1. The van der Waals surface area contributed by atoms with Gasteiger partial charge in [0.15, 0.2) is 0 Å². The molecule has 2 unspecified atom stereocenters. The smallest absolute Gasteiger partial charge is 0.306 e. The first-order valence-corrected chi connectivity index (χ1v) is 8.40. The number of amides is 1. The lowest BCUT2D eigenvalue weighted by molar-refractivity contribution is -0.145. The van der Waals surface area contributed by atoms with Gasteiger partial charge in [0, 0.05) is 13.1 Å². The summed E-state index contributed by atoms with van der Waals surface area (Å²) < 4.78 is 5.87. The molecule has 1 aliphatic rings. The van der Waals surface area contributed by atoms with Crippen LogP contribution >= 0.6 is 0 Å². The van der Waals surface area contributed by atoms with Crippen LogP contribution in [0.3, 0.4) is 0 Å². The van der Waals surface area contributed by atoms with Crippen LogP contribution in [0.5, 0.6) is 11.5 Å². The predicted molar refractivity (Wildman–Crippen MR) is 93.8 cm³/mol. The van der Waals surface area contributed by atoms with Crippen LogP contribution in [0.2, 0.25) is 0 Å². The molecule has 0 aliphatic carbocycles. The molecule has 1 fully saturated rings. The van der Waals surface area contributed by atoms with E-state index in [0.29, 0.717) is 36.6 Å². The summed E-state index contributed by atoms with van der Waals surface area (Å²) in [6.45, 7) is 2.76. The standard InChI is InChI=1S/C20H21NO4/c1-14-13-21(12-11-16(14)20(23)24)19(22)17-9-5-6-10-18(17)25-15-7-3-2-4-8-15/h2-10,14,16H,11-13H2,1H3,(H,23,24). The van der Waals surface area contributed by atoms with Crippen molar-refractivity contribution < 1.29 is 19.4 Å². The van der Waals surface area contributed by atoms with E-state index in [0.717, 1.165) is 0 Å². The Morgan fingerprint density at radius 2 is 1.76 bits per heavy atom. The van der Waals surface area contributed by atoms with Crippen molar-refractivity contribution in [2.45, 2.75) is 13.3 Å². The molecule has 2 atom stereocenters. The summed E-state index contributed by atoms with van der Waals surface area (Å²) in [6.07, 6.45) is 0.476. The number of para-hydroxylation sites is 2. The fourth-order valence-electron chi connectivity index (χ4n) is 3.22. The van der Waals surface area contributed by atoms with Crippen molar-refractivity contribution in [2.75, 3.05) is 13.1 Å². The van der Waals surface area contributed by atoms with Crippen LogP contribution in [-0.2, 0) is 4.79 Å². The summed E-state index contributed by atoms with van der Waals surface area (Å²) in [6, 6.07) is 16.5. The van der Waals surface area contributed by atoms with Gasteiger partial charge in [-0.3, -0.25) is 9.59 Å². The third-order valence-electron chi connectivity index (χ3n) is 4.60. The Hall–Kier alpha value is -2.82. The van der Waals surface area contributed by atoms with Gasteiger partial charge in [-0.05, 0) is 36.6 Å². The Bertz CT molecular complexity index is 759. The van der Waals surface area contributed by atoms with Crippen LogP contribution in [0, 0.1) is 11.8 Å². The van der Waals surface area contributed by atoms with Gasteiger partial charge in [0.25, 0.3) is 5.91 Å². The van der Waals surface area contributed by atoms with Gasteiger partial charge < -0.3 is 14.7 Å². The van der Waals surface area contributed by atoms with E-state index in [1.807, 2.05) is 43.3 Å². The summed E-state index contributed by atoms with van der Waals surface area (Å²) in [7, 11) is 0. The Kier molecular flexibility index (Phi) is 5.03. The number of ether oxygens (including phenoxy) is 1. The van der Waals surface area contributed by atoms with E-state index in [1.165, 1.54) is 0 Å². The van der Waals surface area contributed by atoms with Crippen molar-refractivity contribution >= 4 is 11.9 Å². The molecular formula is C20H21NO4.